The lowest BCUT2D eigenvalue weighted by Gasteiger charge is -2.16. The molecule has 1 aromatic heterocycles. The summed E-state index contributed by atoms with van der Waals surface area (Å²) in [4.78, 5) is 4.58. The minimum atomic E-state index is -0.719. The topological polar surface area (TPSA) is 56.7 Å². The summed E-state index contributed by atoms with van der Waals surface area (Å²) in [6.45, 7) is 5.85. The summed E-state index contributed by atoms with van der Waals surface area (Å²) in [5.41, 5.74) is 1.96. The molecule has 2 atom stereocenters. The Balaban J connectivity index is 1.90. The Labute approximate surface area is 146 Å². The molecule has 1 aromatic carbocycles. The number of hydrogen-bond donors (Lipinski definition) is 3. The van der Waals surface area contributed by atoms with Crippen LogP contribution in [0.4, 0.5) is 4.39 Å². The van der Waals surface area contributed by atoms with Crippen molar-refractivity contribution in [1.29, 1.82) is 0 Å². The fourth-order valence-corrected chi connectivity index (χ4v) is 3.01. The fraction of sp³-hybridized carbons (Fsp3) is 0.389. The van der Waals surface area contributed by atoms with E-state index in [2.05, 4.69) is 39.4 Å². The van der Waals surface area contributed by atoms with Crippen LogP contribution in [0.3, 0.4) is 0 Å². The molecule has 0 spiro atoms. The lowest BCUT2D eigenvalue weighted by molar-refractivity contribution is 0.180. The zero-order valence-corrected chi connectivity index (χ0v) is 14.8. The smallest absolute Gasteiger partial charge is 0.191 e. The Morgan fingerprint density at radius 1 is 1.21 bits per heavy atom. The van der Waals surface area contributed by atoms with Crippen molar-refractivity contribution in [2.75, 3.05) is 19.6 Å². The van der Waals surface area contributed by atoms with E-state index in [0.717, 1.165) is 6.54 Å². The Bertz CT molecular complexity index is 628. The van der Waals surface area contributed by atoms with Gasteiger partial charge in [0.2, 0.25) is 0 Å². The first-order chi connectivity index (χ1) is 11.6. The fourth-order valence-electron chi connectivity index (χ4n) is 2.23. The molecule has 24 heavy (non-hydrogen) atoms. The van der Waals surface area contributed by atoms with Crippen molar-refractivity contribution in [3.8, 4) is 0 Å². The highest BCUT2D eigenvalue weighted by molar-refractivity contribution is 7.07. The van der Waals surface area contributed by atoms with Crippen LogP contribution in [0.5, 0.6) is 0 Å². The van der Waals surface area contributed by atoms with Gasteiger partial charge in [0.25, 0.3) is 0 Å². The molecule has 2 aromatic rings. The predicted molar refractivity (Wildman–Crippen MR) is 98.1 cm³/mol. The van der Waals surface area contributed by atoms with Gasteiger partial charge >= 0.3 is 0 Å². The van der Waals surface area contributed by atoms with Gasteiger partial charge in [0.1, 0.15) is 5.82 Å². The molecular formula is C18H24FN3OS. The van der Waals surface area contributed by atoms with Crippen molar-refractivity contribution in [2.45, 2.75) is 25.9 Å². The highest BCUT2D eigenvalue weighted by Gasteiger charge is 2.10. The zero-order valence-electron chi connectivity index (χ0n) is 14.0. The van der Waals surface area contributed by atoms with E-state index in [9.17, 15) is 9.50 Å². The van der Waals surface area contributed by atoms with Gasteiger partial charge in [-0.25, -0.2) is 4.39 Å². The van der Waals surface area contributed by atoms with Gasteiger partial charge in [-0.05, 0) is 47.0 Å². The summed E-state index contributed by atoms with van der Waals surface area (Å²) in [6, 6.07) is 7.99. The van der Waals surface area contributed by atoms with E-state index in [0.29, 0.717) is 30.5 Å². The summed E-state index contributed by atoms with van der Waals surface area (Å²) < 4.78 is 12.9. The quantitative estimate of drug-likeness (QED) is 0.531. The largest absolute Gasteiger partial charge is 0.387 e. The number of hydrogen-bond acceptors (Lipinski definition) is 3. The van der Waals surface area contributed by atoms with E-state index in [1.807, 2.05) is 6.92 Å². The third-order valence-electron chi connectivity index (χ3n) is 3.70. The van der Waals surface area contributed by atoms with Crippen molar-refractivity contribution in [2.24, 2.45) is 4.99 Å². The molecular weight excluding hydrogens is 325 g/mol. The molecule has 0 bridgehead atoms. The molecule has 6 heteroatoms. The van der Waals surface area contributed by atoms with Gasteiger partial charge in [0.15, 0.2) is 5.96 Å². The standard InChI is InChI=1S/C18H24FN3OS/c1-3-20-18(21-10-13(2)15-8-9-24-12-15)22-11-17(23)14-4-6-16(19)7-5-14/h4-9,12-13,17,23H,3,10-11H2,1-2H3,(H2,20,21,22). The summed E-state index contributed by atoms with van der Waals surface area (Å²) >= 11 is 1.69. The first-order valence-electron chi connectivity index (χ1n) is 8.08. The minimum Gasteiger partial charge on any atom is -0.387 e. The molecule has 0 fully saturated rings. The van der Waals surface area contributed by atoms with Crippen LogP contribution < -0.4 is 10.6 Å². The molecule has 0 saturated heterocycles. The van der Waals surface area contributed by atoms with Crippen molar-refractivity contribution >= 4 is 17.3 Å². The minimum absolute atomic E-state index is 0.309. The van der Waals surface area contributed by atoms with Crippen LogP contribution in [0.15, 0.2) is 46.1 Å². The number of halogens is 1. The molecule has 130 valence electrons. The van der Waals surface area contributed by atoms with E-state index in [1.165, 1.54) is 17.7 Å². The number of rotatable bonds is 7. The maximum atomic E-state index is 12.9. The number of thiophene rings is 1. The normalized spacial score (nSPS) is 14.2. The molecule has 3 N–H and O–H groups in total. The molecule has 0 saturated carbocycles. The van der Waals surface area contributed by atoms with E-state index in [4.69, 9.17) is 0 Å². The van der Waals surface area contributed by atoms with Crippen LogP contribution in [0, 0.1) is 5.82 Å². The van der Waals surface area contributed by atoms with Gasteiger partial charge in [-0.3, -0.25) is 4.99 Å². The highest BCUT2D eigenvalue weighted by atomic mass is 32.1. The van der Waals surface area contributed by atoms with Crippen molar-refractivity contribution in [3.63, 3.8) is 0 Å². The first kappa shape index (κ1) is 18.4. The third-order valence-corrected chi connectivity index (χ3v) is 4.40. The molecule has 0 amide bonds. The second kappa shape index (κ2) is 9.39. The molecule has 2 rings (SSSR count). The van der Waals surface area contributed by atoms with Crippen molar-refractivity contribution in [1.82, 2.24) is 10.6 Å². The van der Waals surface area contributed by atoms with Crippen molar-refractivity contribution in [3.05, 3.63) is 58.0 Å². The Hall–Kier alpha value is -1.92. The number of nitrogens with zero attached hydrogens (tertiary/aromatic N) is 1. The van der Waals surface area contributed by atoms with Gasteiger partial charge in [-0.2, -0.15) is 11.3 Å². The monoisotopic (exact) mass is 349 g/mol. The van der Waals surface area contributed by atoms with E-state index in [-0.39, 0.29) is 5.82 Å². The predicted octanol–water partition coefficient (Wildman–Crippen LogP) is 3.28. The van der Waals surface area contributed by atoms with Crippen LogP contribution in [-0.2, 0) is 0 Å². The molecule has 0 aliphatic rings. The average molecular weight is 349 g/mol. The highest BCUT2D eigenvalue weighted by Crippen LogP contribution is 2.18. The molecule has 0 aliphatic carbocycles. The summed E-state index contributed by atoms with van der Waals surface area (Å²) in [5, 5.41) is 20.7. The number of guanidine groups is 1. The maximum Gasteiger partial charge on any atom is 0.191 e. The van der Waals surface area contributed by atoms with E-state index >= 15 is 0 Å². The van der Waals surface area contributed by atoms with Gasteiger partial charge in [-0.15, -0.1) is 0 Å². The van der Waals surface area contributed by atoms with Gasteiger partial charge in [0.05, 0.1) is 6.10 Å². The summed E-state index contributed by atoms with van der Waals surface area (Å²) in [7, 11) is 0. The zero-order chi connectivity index (χ0) is 17.4. The van der Waals surface area contributed by atoms with Crippen molar-refractivity contribution < 1.29 is 9.50 Å². The number of nitrogens with one attached hydrogen (secondary N) is 2. The van der Waals surface area contributed by atoms with Crippen LogP contribution in [0.1, 0.15) is 37.0 Å². The molecule has 0 radical (unpaired) electrons. The number of aliphatic imine (C=N–C) groups is 1. The van der Waals surface area contributed by atoms with Crippen LogP contribution in [0.25, 0.3) is 0 Å². The van der Waals surface area contributed by atoms with Gasteiger partial charge in [0, 0.05) is 25.6 Å². The van der Waals surface area contributed by atoms with E-state index < -0.39 is 6.10 Å². The Morgan fingerprint density at radius 2 is 1.96 bits per heavy atom. The van der Waals surface area contributed by atoms with Gasteiger partial charge in [-0.1, -0.05) is 19.1 Å². The molecule has 0 aliphatic heterocycles. The number of aliphatic hydroxyl groups excluding tert-OH is 1. The van der Waals surface area contributed by atoms with E-state index in [1.54, 1.807) is 23.5 Å². The molecule has 4 nitrogen and oxygen atoms in total. The van der Waals surface area contributed by atoms with Crippen LogP contribution >= 0.6 is 11.3 Å². The second-order valence-corrected chi connectivity index (χ2v) is 6.41. The number of aliphatic hydroxyl groups is 1. The maximum absolute atomic E-state index is 12.9. The van der Waals surface area contributed by atoms with Crippen LogP contribution in [0.2, 0.25) is 0 Å². The Kier molecular flexibility index (Phi) is 7.21. The molecule has 2 unspecified atom stereocenters. The van der Waals surface area contributed by atoms with Crippen LogP contribution in [-0.4, -0.2) is 30.7 Å². The van der Waals surface area contributed by atoms with Gasteiger partial charge < -0.3 is 15.7 Å². The first-order valence-corrected chi connectivity index (χ1v) is 9.02. The Morgan fingerprint density at radius 3 is 2.58 bits per heavy atom. The summed E-state index contributed by atoms with van der Waals surface area (Å²) in [5.74, 6) is 0.700. The average Bonchev–Trinajstić information content (AvgIpc) is 3.12. The lowest BCUT2D eigenvalue weighted by atomic mass is 10.1. The SMILES string of the molecule is CCNC(=NCC(C)c1ccsc1)NCC(O)c1ccc(F)cc1. The number of benzene rings is 1. The summed E-state index contributed by atoms with van der Waals surface area (Å²) in [6.07, 6.45) is -0.719. The second-order valence-electron chi connectivity index (χ2n) is 5.63. The lowest BCUT2D eigenvalue weighted by Crippen LogP contribution is -2.39. The molecule has 1 heterocycles. The third kappa shape index (κ3) is 5.62.